The fourth-order valence-corrected chi connectivity index (χ4v) is 1.44. The third-order valence-corrected chi connectivity index (χ3v) is 2.67. The maximum Gasteiger partial charge on any atom is 0.312 e. The first-order valence-corrected chi connectivity index (χ1v) is 4.34. The first-order chi connectivity index (χ1) is 5.50. The van der Waals surface area contributed by atoms with E-state index in [1.54, 1.807) is 0 Å². The molecule has 0 unspecified atom stereocenters. The molecule has 0 saturated heterocycles. The second kappa shape index (κ2) is 4.29. The average Bonchev–Trinajstić information content (AvgIpc) is 2.83. The van der Waals surface area contributed by atoms with Gasteiger partial charge in [-0.05, 0) is 32.6 Å². The lowest BCUT2D eigenvalue weighted by Crippen LogP contribution is -2.45. The highest BCUT2D eigenvalue weighted by molar-refractivity contribution is 5.85. The Morgan fingerprint density at radius 3 is 2.31 bits per heavy atom. The predicted octanol–water partition coefficient (Wildman–Crippen LogP) is 1.34. The lowest BCUT2D eigenvalue weighted by atomic mass is 9.82. The summed E-state index contributed by atoms with van der Waals surface area (Å²) in [6, 6.07) is -0.0510. The Balaban J connectivity index is 0.00000144. The van der Waals surface area contributed by atoms with Crippen LogP contribution in [0.2, 0.25) is 0 Å². The highest BCUT2D eigenvalue weighted by Gasteiger charge is 2.43. The van der Waals surface area contributed by atoms with E-state index in [1.807, 2.05) is 13.8 Å². The van der Waals surface area contributed by atoms with E-state index in [0.29, 0.717) is 5.92 Å². The maximum atomic E-state index is 11.3. The zero-order valence-corrected chi connectivity index (χ0v) is 9.19. The number of nitrogens with two attached hydrogens (primary N) is 1. The quantitative estimate of drug-likeness (QED) is 0.711. The van der Waals surface area contributed by atoms with Gasteiger partial charge < -0.3 is 10.5 Å². The fourth-order valence-electron chi connectivity index (χ4n) is 1.44. The Morgan fingerprint density at radius 2 is 2.00 bits per heavy atom. The molecule has 1 aliphatic carbocycles. The molecule has 0 aromatic heterocycles. The number of rotatable bonds is 3. The lowest BCUT2D eigenvalue weighted by Gasteiger charge is -2.28. The van der Waals surface area contributed by atoms with E-state index in [1.165, 1.54) is 7.11 Å². The van der Waals surface area contributed by atoms with Crippen LogP contribution in [0.1, 0.15) is 26.7 Å². The van der Waals surface area contributed by atoms with Crippen LogP contribution in [0.3, 0.4) is 0 Å². The third-order valence-electron chi connectivity index (χ3n) is 2.67. The number of hydrogen-bond donors (Lipinski definition) is 1. The standard InChI is InChI=1S/C9H17NO2.ClH/c1-9(2,8(11)12-3)7(10)6-4-5-6;/h6-7H,4-5,10H2,1-3H3;1H/t7-;/m0./s1. The Kier molecular flexibility index (Phi) is 4.20. The summed E-state index contributed by atoms with van der Waals surface area (Å²) in [4.78, 5) is 11.3. The van der Waals surface area contributed by atoms with Gasteiger partial charge in [-0.2, -0.15) is 0 Å². The van der Waals surface area contributed by atoms with Crippen molar-refractivity contribution in [2.75, 3.05) is 7.11 Å². The largest absolute Gasteiger partial charge is 0.469 e. The molecular formula is C9H18ClNO2. The van der Waals surface area contributed by atoms with Crippen molar-refractivity contribution in [2.24, 2.45) is 17.1 Å². The molecule has 0 bridgehead atoms. The smallest absolute Gasteiger partial charge is 0.312 e. The molecule has 1 rings (SSSR count). The second-order valence-electron chi connectivity index (χ2n) is 4.08. The summed E-state index contributed by atoms with van der Waals surface area (Å²) in [5.74, 6) is 0.320. The van der Waals surface area contributed by atoms with E-state index in [9.17, 15) is 4.79 Å². The Bertz CT molecular complexity index is 190. The van der Waals surface area contributed by atoms with Crippen molar-refractivity contribution >= 4 is 18.4 Å². The van der Waals surface area contributed by atoms with Gasteiger partial charge >= 0.3 is 5.97 Å². The molecule has 2 N–H and O–H groups in total. The maximum absolute atomic E-state index is 11.3. The first kappa shape index (κ1) is 12.7. The van der Waals surface area contributed by atoms with Crippen molar-refractivity contribution < 1.29 is 9.53 Å². The number of halogens is 1. The topological polar surface area (TPSA) is 52.3 Å². The van der Waals surface area contributed by atoms with Crippen molar-refractivity contribution in [3.05, 3.63) is 0 Å². The van der Waals surface area contributed by atoms with Gasteiger partial charge in [0, 0.05) is 6.04 Å². The highest BCUT2D eigenvalue weighted by Crippen LogP contribution is 2.39. The van der Waals surface area contributed by atoms with Crippen molar-refractivity contribution in [1.82, 2.24) is 0 Å². The molecule has 1 saturated carbocycles. The predicted molar refractivity (Wildman–Crippen MR) is 53.7 cm³/mol. The molecule has 0 aliphatic heterocycles. The molecule has 1 fully saturated rings. The minimum Gasteiger partial charge on any atom is -0.469 e. The molecule has 0 amide bonds. The summed E-state index contributed by atoms with van der Waals surface area (Å²) in [5, 5.41) is 0. The van der Waals surface area contributed by atoms with Crippen LogP contribution in [0.4, 0.5) is 0 Å². The van der Waals surface area contributed by atoms with Crippen LogP contribution in [-0.4, -0.2) is 19.1 Å². The van der Waals surface area contributed by atoms with Gasteiger partial charge in [0.15, 0.2) is 0 Å². The highest BCUT2D eigenvalue weighted by atomic mass is 35.5. The van der Waals surface area contributed by atoms with Crippen LogP contribution in [0.5, 0.6) is 0 Å². The van der Waals surface area contributed by atoms with Crippen LogP contribution >= 0.6 is 12.4 Å². The number of carbonyl (C=O) groups is 1. The second-order valence-corrected chi connectivity index (χ2v) is 4.08. The van der Waals surface area contributed by atoms with E-state index in [-0.39, 0.29) is 24.4 Å². The van der Waals surface area contributed by atoms with E-state index in [0.717, 1.165) is 12.8 Å². The van der Waals surface area contributed by atoms with E-state index >= 15 is 0 Å². The first-order valence-electron chi connectivity index (χ1n) is 4.34. The molecule has 0 spiro atoms. The van der Waals surface area contributed by atoms with Crippen molar-refractivity contribution in [3.63, 3.8) is 0 Å². The zero-order chi connectivity index (χ0) is 9.35. The van der Waals surface area contributed by atoms with Gasteiger partial charge in [-0.1, -0.05) is 0 Å². The van der Waals surface area contributed by atoms with Crippen molar-refractivity contribution in [3.8, 4) is 0 Å². The monoisotopic (exact) mass is 207 g/mol. The van der Waals surface area contributed by atoms with Gasteiger partial charge in [0.1, 0.15) is 0 Å². The lowest BCUT2D eigenvalue weighted by molar-refractivity contribution is -0.152. The Hall–Kier alpha value is -0.280. The molecule has 1 aliphatic rings. The molecule has 0 aromatic rings. The number of esters is 1. The van der Waals surface area contributed by atoms with E-state index in [4.69, 9.17) is 10.5 Å². The minimum atomic E-state index is -0.532. The summed E-state index contributed by atoms with van der Waals surface area (Å²) >= 11 is 0. The summed E-state index contributed by atoms with van der Waals surface area (Å²) in [6.07, 6.45) is 2.31. The van der Waals surface area contributed by atoms with Crippen molar-refractivity contribution in [1.29, 1.82) is 0 Å². The summed E-state index contributed by atoms with van der Waals surface area (Å²) in [6.45, 7) is 3.70. The van der Waals surface area contributed by atoms with Crippen molar-refractivity contribution in [2.45, 2.75) is 32.7 Å². The summed E-state index contributed by atoms with van der Waals surface area (Å²) < 4.78 is 4.70. The molecule has 1 atom stereocenters. The summed E-state index contributed by atoms with van der Waals surface area (Å²) in [5.41, 5.74) is 5.40. The van der Waals surface area contributed by atoms with Gasteiger partial charge in [0.2, 0.25) is 0 Å². The van der Waals surface area contributed by atoms with E-state index < -0.39 is 5.41 Å². The van der Waals surface area contributed by atoms with Crippen LogP contribution in [0.15, 0.2) is 0 Å². The van der Waals surface area contributed by atoms with Gasteiger partial charge in [-0.3, -0.25) is 4.79 Å². The SMILES string of the molecule is COC(=O)C(C)(C)[C@@H](N)C1CC1.Cl. The van der Waals surface area contributed by atoms with Gasteiger partial charge in [-0.15, -0.1) is 12.4 Å². The molecule has 78 valence electrons. The van der Waals surface area contributed by atoms with Crippen LogP contribution < -0.4 is 5.73 Å². The number of methoxy groups -OCH3 is 1. The Morgan fingerprint density at radius 1 is 1.54 bits per heavy atom. The zero-order valence-electron chi connectivity index (χ0n) is 8.37. The summed E-state index contributed by atoms with van der Waals surface area (Å²) in [7, 11) is 1.41. The van der Waals surface area contributed by atoms with E-state index in [2.05, 4.69) is 0 Å². The van der Waals surface area contributed by atoms with Crippen LogP contribution in [-0.2, 0) is 9.53 Å². The van der Waals surface area contributed by atoms with Gasteiger partial charge in [-0.25, -0.2) is 0 Å². The van der Waals surface area contributed by atoms with Crippen LogP contribution in [0.25, 0.3) is 0 Å². The molecule has 0 radical (unpaired) electrons. The molecule has 3 nitrogen and oxygen atoms in total. The molecule has 4 heteroatoms. The number of carbonyl (C=O) groups excluding carboxylic acids is 1. The molecule has 0 aromatic carbocycles. The molecular weight excluding hydrogens is 190 g/mol. The average molecular weight is 208 g/mol. The number of ether oxygens (including phenoxy) is 1. The Labute approximate surface area is 85.4 Å². The fraction of sp³-hybridized carbons (Fsp3) is 0.889. The van der Waals surface area contributed by atoms with Gasteiger partial charge in [0.25, 0.3) is 0 Å². The van der Waals surface area contributed by atoms with Gasteiger partial charge in [0.05, 0.1) is 12.5 Å². The van der Waals surface area contributed by atoms with Crippen LogP contribution in [0, 0.1) is 11.3 Å². The third kappa shape index (κ3) is 2.58. The molecule has 13 heavy (non-hydrogen) atoms. The number of hydrogen-bond acceptors (Lipinski definition) is 3. The minimum absolute atomic E-state index is 0. The normalized spacial score (nSPS) is 18.8. The molecule has 0 heterocycles.